The minimum absolute atomic E-state index is 0.0789. The van der Waals surface area contributed by atoms with E-state index in [0.717, 1.165) is 11.3 Å². The molecule has 0 saturated heterocycles. The fraction of sp³-hybridized carbons (Fsp3) is 0.167. The number of hydrogen-bond acceptors (Lipinski definition) is 6. The van der Waals surface area contributed by atoms with Gasteiger partial charge in [0, 0.05) is 18.3 Å². The first kappa shape index (κ1) is 14.2. The van der Waals surface area contributed by atoms with Gasteiger partial charge in [-0.3, -0.25) is 0 Å². The van der Waals surface area contributed by atoms with Crippen molar-refractivity contribution in [3.63, 3.8) is 0 Å². The lowest BCUT2D eigenvalue weighted by Gasteiger charge is -2.08. The molecule has 0 bridgehead atoms. The van der Waals surface area contributed by atoms with Crippen LogP contribution in [-0.4, -0.2) is 18.4 Å². The Hall–Kier alpha value is -2.19. The summed E-state index contributed by atoms with van der Waals surface area (Å²) in [5.74, 6) is 0.766. The number of nitrogens with zero attached hydrogens (tertiary/aromatic N) is 2. The van der Waals surface area contributed by atoms with Gasteiger partial charge < -0.3 is 11.1 Å². The fourth-order valence-electron chi connectivity index (χ4n) is 1.71. The highest BCUT2D eigenvalue weighted by atomic mass is 32.2. The average molecular weight is 293 g/mol. The monoisotopic (exact) mass is 293 g/mol. The zero-order valence-corrected chi connectivity index (χ0v) is 11.7. The second-order valence-electron chi connectivity index (χ2n) is 4.30. The van der Waals surface area contributed by atoms with Gasteiger partial charge in [-0.2, -0.15) is 4.98 Å². The maximum Gasteiger partial charge on any atom is 0.238 e. The number of nitrogens with two attached hydrogens (primary N) is 2. The molecule has 0 saturated carbocycles. The lowest BCUT2D eigenvalue weighted by atomic mass is 10.2. The minimum atomic E-state index is -3.70. The van der Waals surface area contributed by atoms with E-state index in [1.165, 1.54) is 12.1 Å². The van der Waals surface area contributed by atoms with Crippen LogP contribution in [0.5, 0.6) is 0 Å². The predicted molar refractivity (Wildman–Crippen MR) is 76.3 cm³/mol. The number of hydrogen-bond donors (Lipinski definition) is 3. The third-order valence-electron chi connectivity index (χ3n) is 2.57. The largest absolute Gasteiger partial charge is 0.368 e. The number of nitrogen functional groups attached to an aromatic ring is 1. The van der Waals surface area contributed by atoms with E-state index in [-0.39, 0.29) is 10.8 Å². The molecule has 20 heavy (non-hydrogen) atoms. The molecule has 5 N–H and O–H groups in total. The van der Waals surface area contributed by atoms with Gasteiger partial charge >= 0.3 is 0 Å². The van der Waals surface area contributed by atoms with Crippen LogP contribution < -0.4 is 16.2 Å². The zero-order valence-electron chi connectivity index (χ0n) is 10.9. The Morgan fingerprint density at radius 3 is 2.65 bits per heavy atom. The summed E-state index contributed by atoms with van der Waals surface area (Å²) in [7, 11) is -3.70. The molecular weight excluding hydrogens is 278 g/mol. The van der Waals surface area contributed by atoms with E-state index in [1.807, 2.05) is 6.92 Å². The Balaban J connectivity index is 2.15. The number of aryl methyl sites for hydroxylation is 1. The van der Waals surface area contributed by atoms with Crippen LogP contribution in [0.2, 0.25) is 0 Å². The van der Waals surface area contributed by atoms with Gasteiger partial charge in [0.2, 0.25) is 16.0 Å². The predicted octanol–water partition coefficient (Wildman–Crippen LogP) is 0.627. The van der Waals surface area contributed by atoms with Gasteiger partial charge in [-0.15, -0.1) is 0 Å². The Bertz CT molecular complexity index is 710. The molecule has 2 rings (SSSR count). The summed E-state index contributed by atoms with van der Waals surface area (Å²) in [6.07, 6.45) is 0. The Kier molecular flexibility index (Phi) is 3.86. The lowest BCUT2D eigenvalue weighted by molar-refractivity contribution is 0.597. The normalized spacial score (nSPS) is 11.3. The van der Waals surface area contributed by atoms with Crippen molar-refractivity contribution in [2.45, 2.75) is 18.4 Å². The van der Waals surface area contributed by atoms with Crippen molar-refractivity contribution in [3.05, 3.63) is 41.6 Å². The second-order valence-corrected chi connectivity index (χ2v) is 5.86. The van der Waals surface area contributed by atoms with Gasteiger partial charge in [-0.25, -0.2) is 18.5 Å². The van der Waals surface area contributed by atoms with Crippen molar-refractivity contribution in [1.29, 1.82) is 0 Å². The summed E-state index contributed by atoms with van der Waals surface area (Å²) in [5.41, 5.74) is 7.07. The molecule has 0 radical (unpaired) electrons. The van der Waals surface area contributed by atoms with Crippen LogP contribution >= 0.6 is 0 Å². The van der Waals surface area contributed by atoms with Crippen molar-refractivity contribution in [3.8, 4) is 0 Å². The number of rotatable bonds is 4. The number of nitrogens with one attached hydrogen (secondary N) is 1. The highest BCUT2D eigenvalue weighted by molar-refractivity contribution is 7.89. The van der Waals surface area contributed by atoms with Gasteiger partial charge in [-0.05, 0) is 24.6 Å². The van der Waals surface area contributed by atoms with Crippen molar-refractivity contribution < 1.29 is 8.42 Å². The maximum atomic E-state index is 11.3. The van der Waals surface area contributed by atoms with Crippen molar-refractivity contribution in [2.24, 2.45) is 5.14 Å². The summed E-state index contributed by atoms with van der Waals surface area (Å²) in [5, 5.41) is 8.14. The Labute approximate surface area is 117 Å². The van der Waals surface area contributed by atoms with E-state index in [0.29, 0.717) is 12.4 Å². The molecule has 8 heteroatoms. The van der Waals surface area contributed by atoms with E-state index in [9.17, 15) is 8.42 Å². The van der Waals surface area contributed by atoms with E-state index in [4.69, 9.17) is 10.9 Å². The molecule has 0 unspecified atom stereocenters. The molecule has 2 aromatic rings. The van der Waals surface area contributed by atoms with Crippen LogP contribution in [0, 0.1) is 6.92 Å². The van der Waals surface area contributed by atoms with Gasteiger partial charge in [0.05, 0.1) is 4.90 Å². The van der Waals surface area contributed by atoms with Crippen molar-refractivity contribution in [2.75, 3.05) is 11.1 Å². The SMILES string of the molecule is Cc1cc(NCc2cccc(S(N)(=O)=O)c2)nc(N)n1. The molecule has 0 atom stereocenters. The first-order valence-electron chi connectivity index (χ1n) is 5.81. The van der Waals surface area contributed by atoms with Crippen molar-refractivity contribution >= 4 is 21.8 Å². The Morgan fingerprint density at radius 1 is 1.25 bits per heavy atom. The van der Waals surface area contributed by atoms with Gasteiger partial charge in [0.15, 0.2) is 0 Å². The van der Waals surface area contributed by atoms with Gasteiger partial charge in [-0.1, -0.05) is 12.1 Å². The second kappa shape index (κ2) is 5.43. The number of anilines is 2. The van der Waals surface area contributed by atoms with Gasteiger partial charge in [0.25, 0.3) is 0 Å². The highest BCUT2D eigenvalue weighted by Crippen LogP contribution is 2.12. The first-order valence-corrected chi connectivity index (χ1v) is 7.36. The molecule has 0 spiro atoms. The smallest absolute Gasteiger partial charge is 0.238 e. The first-order chi connectivity index (χ1) is 9.34. The number of benzene rings is 1. The number of primary sulfonamides is 1. The fourth-order valence-corrected chi connectivity index (χ4v) is 2.29. The molecule has 0 amide bonds. The lowest BCUT2D eigenvalue weighted by Crippen LogP contribution is -2.12. The molecule has 106 valence electrons. The molecule has 1 heterocycles. The molecule has 0 aliphatic heterocycles. The molecular formula is C12H15N5O2S. The summed E-state index contributed by atoms with van der Waals surface area (Å²) < 4.78 is 22.5. The van der Waals surface area contributed by atoms with E-state index >= 15 is 0 Å². The summed E-state index contributed by atoms with van der Waals surface area (Å²) >= 11 is 0. The molecule has 7 nitrogen and oxygen atoms in total. The van der Waals surface area contributed by atoms with E-state index in [1.54, 1.807) is 18.2 Å². The molecule has 0 aliphatic carbocycles. The topological polar surface area (TPSA) is 124 Å². The van der Waals surface area contributed by atoms with Crippen LogP contribution in [0.25, 0.3) is 0 Å². The maximum absolute atomic E-state index is 11.3. The van der Waals surface area contributed by atoms with Crippen LogP contribution in [0.3, 0.4) is 0 Å². The van der Waals surface area contributed by atoms with E-state index in [2.05, 4.69) is 15.3 Å². The van der Waals surface area contributed by atoms with Crippen LogP contribution in [0.4, 0.5) is 11.8 Å². The van der Waals surface area contributed by atoms with Crippen LogP contribution in [-0.2, 0) is 16.6 Å². The number of sulfonamides is 1. The van der Waals surface area contributed by atoms with Crippen LogP contribution in [0.1, 0.15) is 11.3 Å². The third kappa shape index (κ3) is 3.65. The quantitative estimate of drug-likeness (QED) is 0.759. The summed E-state index contributed by atoms with van der Waals surface area (Å²) in [6, 6.07) is 8.14. The average Bonchev–Trinajstić information content (AvgIpc) is 2.35. The molecule has 1 aromatic carbocycles. The van der Waals surface area contributed by atoms with Crippen molar-refractivity contribution in [1.82, 2.24) is 9.97 Å². The minimum Gasteiger partial charge on any atom is -0.368 e. The van der Waals surface area contributed by atoms with Gasteiger partial charge in [0.1, 0.15) is 5.82 Å². The van der Waals surface area contributed by atoms with E-state index < -0.39 is 10.0 Å². The Morgan fingerprint density at radius 2 is 2.00 bits per heavy atom. The summed E-state index contributed by atoms with van der Waals surface area (Å²) in [6.45, 7) is 2.21. The molecule has 1 aromatic heterocycles. The molecule has 0 fully saturated rings. The zero-order chi connectivity index (χ0) is 14.8. The third-order valence-corrected chi connectivity index (χ3v) is 3.48. The highest BCUT2D eigenvalue weighted by Gasteiger charge is 2.08. The molecule has 0 aliphatic rings. The summed E-state index contributed by atoms with van der Waals surface area (Å²) in [4.78, 5) is 8.08. The van der Waals surface area contributed by atoms with Crippen LogP contribution in [0.15, 0.2) is 35.2 Å². The number of aromatic nitrogens is 2. The standard InChI is InChI=1S/C12H15N5O2S/c1-8-5-11(17-12(13)16-8)15-7-9-3-2-4-10(6-9)20(14,18)19/h2-6H,7H2,1H3,(H2,14,18,19)(H3,13,15,16,17).